The number of hydrogen-bond donors (Lipinski definition) is 0. The van der Waals surface area contributed by atoms with Crippen molar-refractivity contribution in [2.45, 2.75) is 32.2 Å². The molecule has 0 unspecified atom stereocenters. The van der Waals surface area contributed by atoms with Crippen LogP contribution in [0, 0.1) is 0 Å². The molecule has 0 aliphatic rings. The predicted molar refractivity (Wildman–Crippen MR) is 91.3 cm³/mol. The van der Waals surface area contributed by atoms with E-state index in [-0.39, 0.29) is 0 Å². The second kappa shape index (κ2) is 7.67. The topological polar surface area (TPSA) is 16.1 Å². The van der Waals surface area contributed by atoms with Gasteiger partial charge >= 0.3 is 0 Å². The molecule has 1 heterocycles. The van der Waals surface area contributed by atoms with Gasteiger partial charge in [0.2, 0.25) is 0 Å². The van der Waals surface area contributed by atoms with E-state index in [1.54, 1.807) is 0 Å². The van der Waals surface area contributed by atoms with E-state index in [4.69, 9.17) is 28.2 Å². The molecule has 0 N–H and O–H groups in total. The maximum Gasteiger partial charge on any atom is 0.129 e. The Morgan fingerprint density at radius 2 is 1.95 bits per heavy atom. The minimum atomic E-state index is 0.506. The van der Waals surface area contributed by atoms with Crippen molar-refractivity contribution >= 4 is 29.0 Å². The van der Waals surface area contributed by atoms with E-state index in [9.17, 15) is 0 Å². The molecule has 0 saturated carbocycles. The van der Waals surface area contributed by atoms with Gasteiger partial charge in [-0.2, -0.15) is 0 Å². The van der Waals surface area contributed by atoms with Crippen LogP contribution in [0.5, 0.6) is 0 Å². The molecule has 0 aliphatic carbocycles. The molecule has 0 amide bonds. The van der Waals surface area contributed by atoms with Gasteiger partial charge in [-0.15, -0.1) is 11.6 Å². The van der Waals surface area contributed by atoms with Gasteiger partial charge in [0.1, 0.15) is 5.82 Å². The molecule has 0 aliphatic heterocycles. The van der Waals surface area contributed by atoms with E-state index >= 15 is 0 Å². The molecule has 0 saturated heterocycles. The lowest BCUT2D eigenvalue weighted by molar-refractivity contribution is 0.846. The highest BCUT2D eigenvalue weighted by atomic mass is 35.5. The Morgan fingerprint density at radius 3 is 2.62 bits per heavy atom. The fourth-order valence-corrected chi connectivity index (χ4v) is 2.60. The van der Waals surface area contributed by atoms with Gasteiger partial charge in [0.15, 0.2) is 0 Å². The van der Waals surface area contributed by atoms with E-state index < -0.39 is 0 Å². The summed E-state index contributed by atoms with van der Waals surface area (Å²) in [5.41, 5.74) is 3.30. The third-order valence-corrected chi connectivity index (χ3v) is 4.02. The molecule has 2 aromatic rings. The predicted octanol–water partition coefficient (Wildman–Crippen LogP) is 5.06. The van der Waals surface area contributed by atoms with Gasteiger partial charge in [0.05, 0.1) is 0 Å². The van der Waals surface area contributed by atoms with Gasteiger partial charge in [-0.05, 0) is 35.7 Å². The summed E-state index contributed by atoms with van der Waals surface area (Å²) in [5, 5.41) is 0.784. The summed E-state index contributed by atoms with van der Waals surface area (Å²) in [4.78, 5) is 6.83. The summed E-state index contributed by atoms with van der Waals surface area (Å²) < 4.78 is 0. The summed E-state index contributed by atoms with van der Waals surface area (Å²) in [6.07, 6.45) is 2.05. The Balaban J connectivity index is 2.23. The molecule has 4 heteroatoms. The van der Waals surface area contributed by atoms with Gasteiger partial charge in [-0.3, -0.25) is 0 Å². The highest BCUT2D eigenvalue weighted by Crippen LogP contribution is 2.21. The molecule has 21 heavy (non-hydrogen) atoms. The maximum absolute atomic E-state index is 6.23. The molecule has 1 aromatic heterocycles. The Labute approximate surface area is 136 Å². The third-order valence-electron chi connectivity index (χ3n) is 3.34. The molecule has 0 radical (unpaired) electrons. The lowest BCUT2D eigenvalue weighted by atomic mass is 10.1. The first-order valence-electron chi connectivity index (χ1n) is 7.14. The van der Waals surface area contributed by atoms with E-state index in [1.165, 1.54) is 0 Å². The van der Waals surface area contributed by atoms with Gasteiger partial charge in [-0.25, -0.2) is 4.98 Å². The number of aryl methyl sites for hydroxylation is 1. The number of anilines is 1. The van der Waals surface area contributed by atoms with Crippen LogP contribution in [0.1, 0.15) is 30.2 Å². The average molecular weight is 323 g/mol. The van der Waals surface area contributed by atoms with Crippen LogP contribution < -0.4 is 4.90 Å². The fourth-order valence-electron chi connectivity index (χ4n) is 2.25. The highest BCUT2D eigenvalue weighted by Gasteiger charge is 2.09. The second-order valence-corrected chi connectivity index (χ2v) is 5.83. The van der Waals surface area contributed by atoms with E-state index in [2.05, 4.69) is 17.9 Å². The lowest BCUT2D eigenvalue weighted by Gasteiger charge is -2.20. The van der Waals surface area contributed by atoms with E-state index in [1.807, 2.05) is 37.4 Å². The zero-order chi connectivity index (χ0) is 15.2. The summed E-state index contributed by atoms with van der Waals surface area (Å²) in [7, 11) is 2.03. The first kappa shape index (κ1) is 16.1. The minimum absolute atomic E-state index is 0.506. The SMILES string of the molecule is CCCc1cc(CCl)cc(N(C)Cc2ccccc2Cl)n1. The van der Waals surface area contributed by atoms with Gasteiger partial charge < -0.3 is 4.90 Å². The number of halogens is 2. The lowest BCUT2D eigenvalue weighted by Crippen LogP contribution is -2.18. The average Bonchev–Trinajstić information content (AvgIpc) is 2.49. The number of hydrogen-bond acceptors (Lipinski definition) is 2. The van der Waals surface area contributed by atoms with Crippen molar-refractivity contribution in [1.29, 1.82) is 0 Å². The quantitative estimate of drug-likeness (QED) is 0.691. The molecule has 2 rings (SSSR count). The third kappa shape index (κ3) is 4.36. The van der Waals surface area contributed by atoms with Crippen molar-refractivity contribution in [1.82, 2.24) is 4.98 Å². The Hall–Kier alpha value is -1.25. The number of nitrogens with zero attached hydrogens (tertiary/aromatic N) is 2. The minimum Gasteiger partial charge on any atom is -0.355 e. The van der Waals surface area contributed by atoms with Crippen LogP contribution in [0.2, 0.25) is 5.02 Å². The number of pyridine rings is 1. The van der Waals surface area contributed by atoms with Crippen molar-refractivity contribution in [3.63, 3.8) is 0 Å². The number of aromatic nitrogens is 1. The van der Waals surface area contributed by atoms with Crippen LogP contribution in [0.25, 0.3) is 0 Å². The monoisotopic (exact) mass is 322 g/mol. The Kier molecular flexibility index (Phi) is 5.89. The van der Waals surface area contributed by atoms with Crippen LogP contribution in [0.4, 0.5) is 5.82 Å². The molecule has 0 atom stereocenters. The summed E-state index contributed by atoms with van der Waals surface area (Å²) in [6, 6.07) is 12.0. The van der Waals surface area contributed by atoms with Crippen LogP contribution in [-0.2, 0) is 18.8 Å². The molecule has 0 bridgehead atoms. The summed E-state index contributed by atoms with van der Waals surface area (Å²) in [6.45, 7) is 2.88. The van der Waals surface area contributed by atoms with Crippen molar-refractivity contribution in [3.8, 4) is 0 Å². The van der Waals surface area contributed by atoms with Crippen LogP contribution in [0.3, 0.4) is 0 Å². The van der Waals surface area contributed by atoms with Gasteiger partial charge in [0, 0.05) is 30.2 Å². The summed E-state index contributed by atoms with van der Waals surface area (Å²) >= 11 is 12.2. The fraction of sp³-hybridized carbons (Fsp3) is 0.353. The number of rotatable bonds is 6. The number of benzene rings is 1. The van der Waals surface area contributed by atoms with Crippen LogP contribution in [0.15, 0.2) is 36.4 Å². The van der Waals surface area contributed by atoms with Crippen molar-refractivity contribution in [2.24, 2.45) is 0 Å². The molecule has 0 fully saturated rings. The standard InChI is InChI=1S/C17H20Cl2N2/c1-3-6-15-9-13(11-18)10-17(20-15)21(2)12-14-7-4-5-8-16(14)19/h4-5,7-10H,3,6,11-12H2,1-2H3. The van der Waals surface area contributed by atoms with Gasteiger partial charge in [-0.1, -0.05) is 43.1 Å². The number of alkyl halides is 1. The second-order valence-electron chi connectivity index (χ2n) is 5.16. The molecular formula is C17H20Cl2N2. The smallest absolute Gasteiger partial charge is 0.129 e. The molecule has 1 aromatic carbocycles. The molecule has 2 nitrogen and oxygen atoms in total. The van der Waals surface area contributed by atoms with E-state index in [0.717, 1.165) is 47.0 Å². The summed E-state index contributed by atoms with van der Waals surface area (Å²) in [5.74, 6) is 1.45. The van der Waals surface area contributed by atoms with E-state index in [0.29, 0.717) is 5.88 Å². The molecular weight excluding hydrogens is 303 g/mol. The normalized spacial score (nSPS) is 10.7. The first-order chi connectivity index (χ1) is 10.1. The maximum atomic E-state index is 6.23. The largest absolute Gasteiger partial charge is 0.355 e. The molecule has 112 valence electrons. The zero-order valence-corrected chi connectivity index (χ0v) is 14.0. The van der Waals surface area contributed by atoms with Crippen LogP contribution in [-0.4, -0.2) is 12.0 Å². The van der Waals surface area contributed by atoms with Gasteiger partial charge in [0.25, 0.3) is 0 Å². The first-order valence-corrected chi connectivity index (χ1v) is 8.05. The highest BCUT2D eigenvalue weighted by molar-refractivity contribution is 6.31. The van der Waals surface area contributed by atoms with Crippen molar-refractivity contribution in [3.05, 3.63) is 58.2 Å². The molecule has 0 spiro atoms. The zero-order valence-electron chi connectivity index (χ0n) is 12.4. The Bertz CT molecular complexity index is 599. The Morgan fingerprint density at radius 1 is 1.19 bits per heavy atom. The van der Waals surface area contributed by atoms with Crippen molar-refractivity contribution in [2.75, 3.05) is 11.9 Å². The van der Waals surface area contributed by atoms with Crippen molar-refractivity contribution < 1.29 is 0 Å². The van der Waals surface area contributed by atoms with Crippen LogP contribution >= 0.6 is 23.2 Å².